The molecule has 1 aliphatic heterocycles. The molecule has 1 amide bonds. The lowest BCUT2D eigenvalue weighted by Gasteiger charge is -2.23. The molecular formula is C11H14BrN3O3S. The fraction of sp³-hybridized carbons (Fsp3) is 0.364. The van der Waals surface area contributed by atoms with E-state index in [-0.39, 0.29) is 16.8 Å². The van der Waals surface area contributed by atoms with Gasteiger partial charge in [0.2, 0.25) is 15.9 Å². The third-order valence-electron chi connectivity index (χ3n) is 2.87. The van der Waals surface area contributed by atoms with E-state index >= 15 is 0 Å². The van der Waals surface area contributed by atoms with Crippen LogP contribution in [0.1, 0.15) is 12.8 Å². The molecule has 4 N–H and O–H groups in total. The van der Waals surface area contributed by atoms with Crippen molar-refractivity contribution in [2.24, 2.45) is 0 Å². The number of sulfonamides is 1. The predicted molar refractivity (Wildman–Crippen MR) is 74.9 cm³/mol. The molecule has 1 heterocycles. The van der Waals surface area contributed by atoms with E-state index in [1.54, 1.807) is 6.07 Å². The Bertz CT molecular complexity index is 593. The van der Waals surface area contributed by atoms with Crippen LogP contribution in [0.5, 0.6) is 0 Å². The van der Waals surface area contributed by atoms with Crippen LogP contribution in [0.2, 0.25) is 0 Å². The van der Waals surface area contributed by atoms with Crippen LogP contribution in [0.15, 0.2) is 27.6 Å². The van der Waals surface area contributed by atoms with Gasteiger partial charge in [-0.2, -0.15) is 0 Å². The van der Waals surface area contributed by atoms with Crippen LogP contribution in [0.4, 0.5) is 5.69 Å². The first-order valence-corrected chi connectivity index (χ1v) is 8.00. The van der Waals surface area contributed by atoms with E-state index < -0.39 is 10.0 Å². The maximum atomic E-state index is 12.2. The number of amides is 1. The summed E-state index contributed by atoms with van der Waals surface area (Å²) >= 11 is 3.21. The molecule has 0 bridgehead atoms. The molecule has 1 saturated heterocycles. The first-order chi connectivity index (χ1) is 8.88. The second-order valence-corrected chi connectivity index (χ2v) is 6.91. The summed E-state index contributed by atoms with van der Waals surface area (Å²) in [5.41, 5.74) is 6.03. The van der Waals surface area contributed by atoms with Crippen LogP contribution < -0.4 is 15.8 Å². The van der Waals surface area contributed by atoms with Crippen molar-refractivity contribution in [1.82, 2.24) is 10.0 Å². The van der Waals surface area contributed by atoms with Crippen molar-refractivity contribution >= 4 is 37.5 Å². The minimum absolute atomic E-state index is 0.0525. The van der Waals surface area contributed by atoms with Crippen molar-refractivity contribution < 1.29 is 13.2 Å². The number of anilines is 1. The van der Waals surface area contributed by atoms with E-state index in [4.69, 9.17) is 5.73 Å². The van der Waals surface area contributed by atoms with Gasteiger partial charge >= 0.3 is 0 Å². The number of nitrogens with two attached hydrogens (primary N) is 1. The number of halogens is 1. The zero-order valence-corrected chi connectivity index (χ0v) is 12.4. The highest BCUT2D eigenvalue weighted by Crippen LogP contribution is 2.23. The lowest BCUT2D eigenvalue weighted by Crippen LogP contribution is -2.47. The maximum absolute atomic E-state index is 12.2. The van der Waals surface area contributed by atoms with E-state index in [0.29, 0.717) is 29.5 Å². The zero-order valence-electron chi connectivity index (χ0n) is 10.0. The van der Waals surface area contributed by atoms with Gasteiger partial charge in [-0.1, -0.05) is 0 Å². The quantitative estimate of drug-likeness (QED) is 0.696. The van der Waals surface area contributed by atoms with Crippen LogP contribution in [-0.4, -0.2) is 26.9 Å². The predicted octanol–water partition coefficient (Wildman–Crippen LogP) is 0.588. The highest BCUT2D eigenvalue weighted by Gasteiger charge is 2.24. The zero-order chi connectivity index (χ0) is 14.0. The minimum atomic E-state index is -3.62. The van der Waals surface area contributed by atoms with Crippen molar-refractivity contribution in [2.45, 2.75) is 23.8 Å². The molecule has 1 atom stereocenters. The normalized spacial score (nSPS) is 20.1. The first kappa shape index (κ1) is 14.3. The third kappa shape index (κ3) is 3.46. The van der Waals surface area contributed by atoms with Crippen LogP contribution in [-0.2, 0) is 14.8 Å². The van der Waals surface area contributed by atoms with Gasteiger partial charge in [-0.25, -0.2) is 13.1 Å². The number of nitrogen functional groups attached to an aromatic ring is 1. The molecule has 0 saturated carbocycles. The number of nitrogens with one attached hydrogen (secondary N) is 2. The molecule has 6 nitrogen and oxygen atoms in total. The Hall–Kier alpha value is -1.12. The molecule has 19 heavy (non-hydrogen) atoms. The van der Waals surface area contributed by atoms with Gasteiger partial charge in [0, 0.05) is 29.2 Å². The van der Waals surface area contributed by atoms with E-state index in [9.17, 15) is 13.2 Å². The van der Waals surface area contributed by atoms with E-state index in [2.05, 4.69) is 26.0 Å². The molecule has 1 aromatic rings. The number of hydrogen-bond donors (Lipinski definition) is 3. The molecule has 1 aliphatic rings. The summed E-state index contributed by atoms with van der Waals surface area (Å²) in [5, 5.41) is 2.63. The molecular weight excluding hydrogens is 334 g/mol. The Morgan fingerprint density at radius 2 is 2.16 bits per heavy atom. The van der Waals surface area contributed by atoms with Crippen molar-refractivity contribution in [2.75, 3.05) is 12.3 Å². The molecule has 0 spiro atoms. The largest absolute Gasteiger partial charge is 0.398 e. The Morgan fingerprint density at radius 3 is 2.74 bits per heavy atom. The van der Waals surface area contributed by atoms with Crippen LogP contribution in [0, 0.1) is 0 Å². The lowest BCUT2D eigenvalue weighted by atomic mass is 10.1. The number of rotatable bonds is 3. The highest BCUT2D eigenvalue weighted by atomic mass is 79.9. The Kier molecular flexibility index (Phi) is 4.12. The topological polar surface area (TPSA) is 101 Å². The molecule has 2 rings (SSSR count). The third-order valence-corrected chi connectivity index (χ3v) is 5.11. The molecule has 1 aromatic carbocycles. The second-order valence-electron chi connectivity index (χ2n) is 4.34. The van der Waals surface area contributed by atoms with E-state index in [1.807, 2.05) is 0 Å². The fourth-order valence-electron chi connectivity index (χ4n) is 1.81. The fourth-order valence-corrected chi connectivity index (χ4v) is 3.36. The SMILES string of the molecule is Nc1cc(S(=O)(=O)NC2CCC(=O)NC2)ccc1Br. The monoisotopic (exact) mass is 347 g/mol. The molecule has 1 fully saturated rings. The van der Waals surface area contributed by atoms with Gasteiger partial charge in [-0.15, -0.1) is 0 Å². The van der Waals surface area contributed by atoms with Crippen LogP contribution in [0.25, 0.3) is 0 Å². The summed E-state index contributed by atoms with van der Waals surface area (Å²) in [4.78, 5) is 11.1. The Labute approximate surface area is 119 Å². The highest BCUT2D eigenvalue weighted by molar-refractivity contribution is 9.10. The Morgan fingerprint density at radius 1 is 1.42 bits per heavy atom. The van der Waals surface area contributed by atoms with Crippen LogP contribution >= 0.6 is 15.9 Å². The van der Waals surface area contributed by atoms with Crippen molar-refractivity contribution in [3.63, 3.8) is 0 Å². The molecule has 0 radical (unpaired) electrons. The van der Waals surface area contributed by atoms with Gasteiger partial charge in [0.15, 0.2) is 0 Å². The summed E-state index contributed by atoms with van der Waals surface area (Å²) < 4.78 is 27.5. The molecule has 104 valence electrons. The van der Waals surface area contributed by atoms with E-state index in [1.165, 1.54) is 12.1 Å². The van der Waals surface area contributed by atoms with Crippen molar-refractivity contribution in [3.05, 3.63) is 22.7 Å². The van der Waals surface area contributed by atoms with Gasteiger partial charge < -0.3 is 11.1 Å². The standard InChI is InChI=1S/C11H14BrN3O3S/c12-9-3-2-8(5-10(9)13)19(17,18)15-7-1-4-11(16)14-6-7/h2-3,5,7,15H,1,4,6,13H2,(H,14,16). The summed E-state index contributed by atoms with van der Waals surface area (Å²) in [6.07, 6.45) is 0.826. The maximum Gasteiger partial charge on any atom is 0.240 e. The van der Waals surface area contributed by atoms with Gasteiger partial charge in [0.1, 0.15) is 0 Å². The van der Waals surface area contributed by atoms with Crippen LogP contribution in [0.3, 0.4) is 0 Å². The number of benzene rings is 1. The average molecular weight is 348 g/mol. The molecule has 0 aliphatic carbocycles. The molecule has 0 aromatic heterocycles. The van der Waals surface area contributed by atoms with Crippen molar-refractivity contribution in [1.29, 1.82) is 0 Å². The second kappa shape index (κ2) is 5.48. The number of piperidine rings is 1. The summed E-state index contributed by atoms with van der Waals surface area (Å²) in [6, 6.07) is 4.18. The van der Waals surface area contributed by atoms with Gasteiger partial charge in [0.05, 0.1) is 4.90 Å². The van der Waals surface area contributed by atoms with Gasteiger partial charge in [-0.05, 0) is 40.5 Å². The van der Waals surface area contributed by atoms with Gasteiger partial charge in [0.25, 0.3) is 0 Å². The number of carbonyl (C=O) groups is 1. The minimum Gasteiger partial charge on any atom is -0.398 e. The summed E-state index contributed by atoms with van der Waals surface area (Å²) in [7, 11) is -3.62. The smallest absolute Gasteiger partial charge is 0.240 e. The van der Waals surface area contributed by atoms with Gasteiger partial charge in [-0.3, -0.25) is 4.79 Å². The van der Waals surface area contributed by atoms with Crippen molar-refractivity contribution in [3.8, 4) is 0 Å². The molecule has 8 heteroatoms. The lowest BCUT2D eigenvalue weighted by molar-refractivity contribution is -0.122. The first-order valence-electron chi connectivity index (χ1n) is 5.72. The summed E-state index contributed by atoms with van der Waals surface area (Å²) in [6.45, 7) is 0.310. The van der Waals surface area contributed by atoms with E-state index in [0.717, 1.165) is 0 Å². The number of carbonyl (C=O) groups excluding carboxylic acids is 1. The number of hydrogen-bond acceptors (Lipinski definition) is 4. The average Bonchev–Trinajstić information content (AvgIpc) is 2.35. The molecule has 1 unspecified atom stereocenters. The summed E-state index contributed by atoms with van der Waals surface area (Å²) in [5.74, 6) is -0.0525. The Balaban J connectivity index is 2.13.